The van der Waals surface area contributed by atoms with Crippen LogP contribution in [-0.4, -0.2) is 14.2 Å². The Morgan fingerprint density at radius 2 is 1.00 bits per heavy atom. The van der Waals surface area contributed by atoms with Crippen LogP contribution in [0.25, 0.3) is 0 Å². The fourth-order valence-corrected chi connectivity index (χ4v) is 1.20. The second-order valence-electron chi connectivity index (χ2n) is 3.78. The summed E-state index contributed by atoms with van der Waals surface area (Å²) in [5.41, 5.74) is 5.56. The van der Waals surface area contributed by atoms with E-state index in [1.165, 1.54) is 22.3 Å². The Labute approximate surface area is 132 Å². The summed E-state index contributed by atoms with van der Waals surface area (Å²) < 4.78 is 0. The minimum absolute atomic E-state index is 0. The summed E-state index contributed by atoms with van der Waals surface area (Å²) >= 11 is 0. The normalized spacial score (nSPS) is 7.58. The van der Waals surface area contributed by atoms with Crippen LogP contribution < -0.4 is 10.2 Å². The van der Waals surface area contributed by atoms with Crippen LogP contribution in [-0.2, 0) is 21.7 Å². The Hall–Kier alpha value is -0.666. The average Bonchev–Trinajstić information content (AvgIpc) is 2.96. The number of hydrogen-bond donors (Lipinski definition) is 0. The molecule has 2 aromatic carbocycles. The van der Waals surface area contributed by atoms with E-state index in [9.17, 15) is 0 Å². The molecule has 0 spiro atoms. The van der Waals surface area contributed by atoms with E-state index >= 15 is 0 Å². The Bertz CT molecular complexity index is 318. The van der Waals surface area contributed by atoms with Crippen molar-refractivity contribution >= 4 is 0 Å². The van der Waals surface area contributed by atoms with Crippen molar-refractivity contribution in [1.82, 2.24) is 0 Å². The third-order valence-corrected chi connectivity index (χ3v) is 2.63. The molecule has 2 nitrogen and oxygen atoms in total. The predicted molar refractivity (Wildman–Crippen MR) is 74.9 cm³/mol. The molecule has 2 aromatic rings. The maximum absolute atomic E-state index is 8.25. The van der Waals surface area contributed by atoms with E-state index in [1.54, 1.807) is 0 Å². The molecule has 0 atom stereocenters. The van der Waals surface area contributed by atoms with Crippen LogP contribution in [0.5, 0.6) is 0 Å². The quantitative estimate of drug-likeness (QED) is 0.551. The van der Waals surface area contributed by atoms with Crippen LogP contribution >= 0.6 is 0 Å². The van der Waals surface area contributed by atoms with Crippen molar-refractivity contribution < 1.29 is 31.9 Å². The molecule has 0 unspecified atom stereocenters. The van der Waals surface area contributed by atoms with Gasteiger partial charge >= 0.3 is 21.7 Å². The largest absolute Gasteiger partial charge is 4.00 e. The van der Waals surface area contributed by atoms with Crippen LogP contribution in [0, 0.1) is 27.7 Å². The first-order chi connectivity index (χ1) is 8.61. The van der Waals surface area contributed by atoms with Crippen LogP contribution in [0.15, 0.2) is 36.4 Å². The van der Waals surface area contributed by atoms with Crippen molar-refractivity contribution in [3.8, 4) is 0 Å². The molecule has 0 aromatic heterocycles. The second kappa shape index (κ2) is 15.4. The molecule has 104 valence electrons. The summed E-state index contributed by atoms with van der Waals surface area (Å²) in [6, 6.07) is 12.6. The molecule has 0 bridgehead atoms. The first kappa shape index (κ1) is 23.4. The zero-order valence-corrected chi connectivity index (χ0v) is 14.3. The number of aryl methyl sites for hydroxylation is 4. The summed E-state index contributed by atoms with van der Waals surface area (Å²) in [4.78, 5) is 0. The zero-order chi connectivity index (χ0) is 14.6. The van der Waals surface area contributed by atoms with E-state index in [-0.39, 0.29) is 21.7 Å². The zero-order valence-electron chi connectivity index (χ0n) is 12.8. The Kier molecular flexibility index (Phi) is 19.0. The van der Waals surface area contributed by atoms with Gasteiger partial charge in [-0.25, -0.2) is 24.3 Å². The van der Waals surface area contributed by atoms with Gasteiger partial charge in [0.1, 0.15) is 0 Å². The molecule has 0 amide bonds. The van der Waals surface area contributed by atoms with Crippen LogP contribution in [0.4, 0.5) is 0 Å². The van der Waals surface area contributed by atoms with Crippen molar-refractivity contribution in [2.45, 2.75) is 27.7 Å². The minimum atomic E-state index is 0. The molecule has 0 fully saturated rings. The van der Waals surface area contributed by atoms with Gasteiger partial charge in [-0.05, 0) is 0 Å². The number of hydrogen-bond acceptors (Lipinski definition) is 2. The second-order valence-corrected chi connectivity index (χ2v) is 3.78. The molecule has 0 saturated heterocycles. The monoisotopic (exact) mass is 296 g/mol. The maximum Gasteiger partial charge on any atom is 4.00 e. The van der Waals surface area contributed by atoms with Gasteiger partial charge in [0.25, 0.3) is 0 Å². The van der Waals surface area contributed by atoms with Gasteiger partial charge in [0.05, 0.1) is 0 Å². The summed E-state index contributed by atoms with van der Waals surface area (Å²) in [6.45, 7) is 8.48. The van der Waals surface area contributed by atoms with Gasteiger partial charge in [0.2, 0.25) is 0 Å². The van der Waals surface area contributed by atoms with E-state index in [4.69, 9.17) is 10.2 Å². The van der Waals surface area contributed by atoms with Gasteiger partial charge in [0.15, 0.2) is 0 Å². The fraction of sp³-hybridized carbons (Fsp3) is 0.375. The van der Waals surface area contributed by atoms with Gasteiger partial charge in [-0.2, -0.15) is 48.6 Å². The summed E-state index contributed by atoms with van der Waals surface area (Å²) in [6.07, 6.45) is 0. The molecule has 0 radical (unpaired) electrons. The first-order valence-corrected chi connectivity index (χ1v) is 5.80. The van der Waals surface area contributed by atoms with Gasteiger partial charge in [-0.1, -0.05) is 27.7 Å². The molecule has 0 heterocycles. The van der Waals surface area contributed by atoms with Crippen molar-refractivity contribution in [1.29, 1.82) is 0 Å². The maximum atomic E-state index is 8.25. The first-order valence-electron chi connectivity index (χ1n) is 5.80. The van der Waals surface area contributed by atoms with E-state index in [0.717, 1.165) is 14.2 Å². The van der Waals surface area contributed by atoms with Gasteiger partial charge < -0.3 is 10.2 Å². The van der Waals surface area contributed by atoms with E-state index in [0.29, 0.717) is 0 Å². The third-order valence-electron chi connectivity index (χ3n) is 2.63. The molecule has 0 N–H and O–H groups in total. The van der Waals surface area contributed by atoms with Crippen LogP contribution in [0.3, 0.4) is 0 Å². The van der Waals surface area contributed by atoms with Gasteiger partial charge in [-0.3, -0.25) is 0 Å². The van der Waals surface area contributed by atoms with E-state index in [2.05, 4.69) is 64.1 Å². The molecular weight excluding hydrogens is 272 g/mol. The Morgan fingerprint density at radius 3 is 1.05 bits per heavy atom. The van der Waals surface area contributed by atoms with Crippen molar-refractivity contribution in [2.24, 2.45) is 0 Å². The minimum Gasteiger partial charge on any atom is -0.857 e. The van der Waals surface area contributed by atoms with Crippen LogP contribution in [0.2, 0.25) is 0 Å². The molecule has 0 aliphatic heterocycles. The summed E-state index contributed by atoms with van der Waals surface area (Å²) in [7, 11) is 1.50. The molecule has 19 heavy (non-hydrogen) atoms. The Balaban J connectivity index is -0.000000205. The molecule has 2 rings (SSSR count). The molecular formula is C16H24O2Ti. The smallest absolute Gasteiger partial charge is 0.857 e. The van der Waals surface area contributed by atoms with Crippen molar-refractivity contribution in [3.05, 3.63) is 58.7 Å². The van der Waals surface area contributed by atoms with E-state index < -0.39 is 0 Å². The summed E-state index contributed by atoms with van der Waals surface area (Å²) in [5, 5.41) is 16.5. The molecule has 0 saturated carbocycles. The van der Waals surface area contributed by atoms with Gasteiger partial charge in [0, 0.05) is 0 Å². The fourth-order valence-electron chi connectivity index (χ4n) is 1.20. The van der Waals surface area contributed by atoms with Crippen molar-refractivity contribution in [3.63, 3.8) is 0 Å². The standard InChI is InChI=1S/2C7H9.2CH3O.Ti/c2*1-6-4-3-5-7(6)2;2*1-2;/h2*3-5H,1-2H3;2*1H3;/q4*-1;+4. The van der Waals surface area contributed by atoms with E-state index in [1.807, 2.05) is 0 Å². The summed E-state index contributed by atoms with van der Waals surface area (Å²) in [5.74, 6) is 0. The number of rotatable bonds is 0. The van der Waals surface area contributed by atoms with Crippen molar-refractivity contribution in [2.75, 3.05) is 14.2 Å². The van der Waals surface area contributed by atoms with Gasteiger partial charge in [-0.15, -0.1) is 0 Å². The molecule has 0 aliphatic rings. The predicted octanol–water partition coefficient (Wildman–Crippen LogP) is 2.00. The topological polar surface area (TPSA) is 46.1 Å². The average molecular weight is 296 g/mol. The molecule has 3 heteroatoms. The van der Waals surface area contributed by atoms with Crippen LogP contribution in [0.1, 0.15) is 22.3 Å². The Morgan fingerprint density at radius 1 is 0.737 bits per heavy atom. The molecule has 0 aliphatic carbocycles. The third kappa shape index (κ3) is 10.9. The SMILES string of the molecule is C[O-].C[O-].Cc1ccc[c-]1C.Cc1ccc[c-]1C.[Ti+4].